The summed E-state index contributed by atoms with van der Waals surface area (Å²) in [7, 11) is -3.78. The van der Waals surface area contributed by atoms with Crippen molar-refractivity contribution in [3.8, 4) is 0 Å². The quantitative estimate of drug-likeness (QED) is 0.733. The van der Waals surface area contributed by atoms with Gasteiger partial charge >= 0.3 is 0 Å². The smallest absolute Gasteiger partial charge is 0.263 e. The molecule has 25 heavy (non-hydrogen) atoms. The van der Waals surface area contributed by atoms with Crippen LogP contribution in [0.3, 0.4) is 0 Å². The summed E-state index contributed by atoms with van der Waals surface area (Å²) in [6.45, 7) is 4.19. The Bertz CT molecular complexity index is 998. The number of hydrogen-bond donors (Lipinski definition) is 1. The lowest BCUT2D eigenvalue weighted by molar-refractivity contribution is 0.601. The average molecular weight is 376 g/mol. The summed E-state index contributed by atoms with van der Waals surface area (Å²) in [6, 6.07) is 16.2. The first kappa shape index (κ1) is 17.5. The Balaban J connectivity index is 1.92. The monoisotopic (exact) mass is 375 g/mol. The molecule has 130 valence electrons. The van der Waals surface area contributed by atoms with E-state index >= 15 is 0 Å². The lowest BCUT2D eigenvalue weighted by atomic mass is 10.2. The number of hydrogen-bond acceptors (Lipinski definition) is 3. The van der Waals surface area contributed by atoms with E-state index in [1.165, 1.54) is 6.07 Å². The molecule has 0 saturated carbocycles. The molecule has 0 aliphatic rings. The minimum Gasteiger partial charge on any atom is -0.276 e. The van der Waals surface area contributed by atoms with Gasteiger partial charge in [0.25, 0.3) is 10.0 Å². The van der Waals surface area contributed by atoms with Crippen LogP contribution in [0.15, 0.2) is 59.5 Å². The van der Waals surface area contributed by atoms with Crippen LogP contribution in [0.5, 0.6) is 0 Å². The van der Waals surface area contributed by atoms with Crippen LogP contribution in [-0.4, -0.2) is 18.2 Å². The number of nitrogens with zero attached hydrogens (tertiary/aromatic N) is 2. The van der Waals surface area contributed by atoms with Crippen molar-refractivity contribution in [2.45, 2.75) is 25.3 Å². The Morgan fingerprint density at radius 2 is 1.68 bits per heavy atom. The van der Waals surface area contributed by atoms with Gasteiger partial charge in [-0.3, -0.25) is 9.40 Å². The zero-order valence-corrected chi connectivity index (χ0v) is 15.5. The highest BCUT2D eigenvalue weighted by Gasteiger charge is 2.22. The minimum absolute atomic E-state index is 0.0475. The molecule has 0 bridgehead atoms. The fourth-order valence-electron chi connectivity index (χ4n) is 2.61. The molecule has 1 aromatic heterocycles. The van der Waals surface area contributed by atoms with Crippen molar-refractivity contribution < 1.29 is 8.42 Å². The first-order chi connectivity index (χ1) is 11.9. The minimum atomic E-state index is -3.78. The molecule has 3 rings (SSSR count). The summed E-state index contributed by atoms with van der Waals surface area (Å²) < 4.78 is 29.7. The molecule has 0 saturated heterocycles. The first-order valence-corrected chi connectivity index (χ1v) is 9.60. The Morgan fingerprint density at radius 3 is 2.36 bits per heavy atom. The van der Waals surface area contributed by atoms with Gasteiger partial charge in [-0.1, -0.05) is 54.1 Å². The molecule has 2 aromatic carbocycles. The van der Waals surface area contributed by atoms with Crippen LogP contribution in [0, 0.1) is 13.8 Å². The number of halogens is 1. The van der Waals surface area contributed by atoms with E-state index in [0.29, 0.717) is 17.9 Å². The lowest BCUT2D eigenvalue weighted by Gasteiger charge is -2.10. The number of aryl methyl sites for hydroxylation is 1. The normalized spacial score (nSPS) is 11.5. The topological polar surface area (TPSA) is 64.0 Å². The molecular formula is C18H18ClN3O2S. The second-order valence-corrected chi connectivity index (χ2v) is 7.78. The molecule has 1 N–H and O–H groups in total. The fraction of sp³-hybridized carbons (Fsp3) is 0.167. The van der Waals surface area contributed by atoms with Crippen molar-refractivity contribution in [1.29, 1.82) is 0 Å². The molecule has 0 aliphatic heterocycles. The van der Waals surface area contributed by atoms with Gasteiger partial charge in [0.1, 0.15) is 4.90 Å². The van der Waals surface area contributed by atoms with Crippen LogP contribution in [-0.2, 0) is 16.6 Å². The van der Waals surface area contributed by atoms with Crippen LogP contribution in [0.4, 0.5) is 5.69 Å². The van der Waals surface area contributed by atoms with E-state index in [1.54, 1.807) is 29.8 Å². The first-order valence-electron chi connectivity index (χ1n) is 7.74. The number of aromatic nitrogens is 2. The maximum Gasteiger partial charge on any atom is 0.263 e. The Hall–Kier alpha value is -2.31. The standard InChI is InChI=1S/C18H18ClN3O2S/c1-13-18(21-25(23,24)17-11-7-6-10-16(17)19)14(2)22(20-13)12-15-8-4-3-5-9-15/h3-11,21H,12H2,1-2H3. The average Bonchev–Trinajstić information content (AvgIpc) is 2.83. The van der Waals surface area contributed by atoms with Crippen molar-refractivity contribution in [3.63, 3.8) is 0 Å². The highest BCUT2D eigenvalue weighted by Crippen LogP contribution is 2.27. The predicted octanol–water partition coefficient (Wildman–Crippen LogP) is 4.00. The van der Waals surface area contributed by atoms with Gasteiger partial charge in [-0.25, -0.2) is 8.42 Å². The van der Waals surface area contributed by atoms with Crippen molar-refractivity contribution in [1.82, 2.24) is 9.78 Å². The molecular weight excluding hydrogens is 358 g/mol. The molecule has 5 nitrogen and oxygen atoms in total. The third-order valence-electron chi connectivity index (χ3n) is 3.92. The Kier molecular flexibility index (Phi) is 4.83. The summed E-state index contributed by atoms with van der Waals surface area (Å²) in [5.74, 6) is 0. The van der Waals surface area contributed by atoms with Gasteiger partial charge in [-0.05, 0) is 31.5 Å². The van der Waals surface area contributed by atoms with Crippen molar-refractivity contribution in [2.75, 3.05) is 4.72 Å². The molecule has 0 aliphatic carbocycles. The van der Waals surface area contributed by atoms with Gasteiger partial charge in [-0.15, -0.1) is 0 Å². The van der Waals surface area contributed by atoms with E-state index < -0.39 is 10.0 Å². The molecule has 0 spiro atoms. The van der Waals surface area contributed by atoms with Crippen LogP contribution in [0.1, 0.15) is 17.0 Å². The van der Waals surface area contributed by atoms with Crippen molar-refractivity contribution in [3.05, 3.63) is 76.6 Å². The summed E-state index contributed by atoms with van der Waals surface area (Å²) in [5.41, 5.74) is 2.94. The fourth-order valence-corrected chi connectivity index (χ4v) is 4.30. The van der Waals surface area contributed by atoms with E-state index in [2.05, 4.69) is 9.82 Å². The summed E-state index contributed by atoms with van der Waals surface area (Å²) in [4.78, 5) is 0.0475. The van der Waals surface area contributed by atoms with Gasteiger partial charge in [-0.2, -0.15) is 5.10 Å². The maximum absolute atomic E-state index is 12.7. The number of sulfonamides is 1. The van der Waals surface area contributed by atoms with Crippen LogP contribution >= 0.6 is 11.6 Å². The van der Waals surface area contributed by atoms with Gasteiger partial charge < -0.3 is 0 Å². The summed E-state index contributed by atoms with van der Waals surface area (Å²) in [6.07, 6.45) is 0. The number of anilines is 1. The third kappa shape index (κ3) is 3.70. The molecule has 0 amide bonds. The van der Waals surface area contributed by atoms with Gasteiger partial charge in [0, 0.05) is 0 Å². The van der Waals surface area contributed by atoms with E-state index in [9.17, 15) is 8.42 Å². The molecule has 0 fully saturated rings. The van der Waals surface area contributed by atoms with Gasteiger partial charge in [0.05, 0.1) is 28.6 Å². The van der Waals surface area contributed by atoms with E-state index in [0.717, 1.165) is 11.3 Å². The molecule has 3 aromatic rings. The van der Waals surface area contributed by atoms with E-state index in [1.807, 2.05) is 37.3 Å². The molecule has 0 radical (unpaired) electrons. The van der Waals surface area contributed by atoms with Crippen LogP contribution in [0.25, 0.3) is 0 Å². The molecule has 1 heterocycles. The second kappa shape index (κ2) is 6.90. The highest BCUT2D eigenvalue weighted by atomic mass is 35.5. The third-order valence-corrected chi connectivity index (χ3v) is 5.77. The zero-order valence-electron chi connectivity index (χ0n) is 13.9. The number of rotatable bonds is 5. The molecule has 0 atom stereocenters. The van der Waals surface area contributed by atoms with Gasteiger partial charge in [0.2, 0.25) is 0 Å². The predicted molar refractivity (Wildman–Crippen MR) is 99.5 cm³/mol. The van der Waals surface area contributed by atoms with Crippen LogP contribution < -0.4 is 4.72 Å². The number of nitrogens with one attached hydrogen (secondary N) is 1. The largest absolute Gasteiger partial charge is 0.276 e. The maximum atomic E-state index is 12.7. The highest BCUT2D eigenvalue weighted by molar-refractivity contribution is 7.92. The van der Waals surface area contributed by atoms with E-state index in [-0.39, 0.29) is 9.92 Å². The van der Waals surface area contributed by atoms with Crippen molar-refractivity contribution in [2.24, 2.45) is 0 Å². The Labute approximate surface area is 152 Å². The van der Waals surface area contributed by atoms with Gasteiger partial charge in [0.15, 0.2) is 0 Å². The zero-order chi connectivity index (χ0) is 18.0. The van der Waals surface area contributed by atoms with E-state index in [4.69, 9.17) is 11.6 Å². The SMILES string of the molecule is Cc1nn(Cc2ccccc2)c(C)c1NS(=O)(=O)c1ccccc1Cl. The summed E-state index contributed by atoms with van der Waals surface area (Å²) >= 11 is 6.03. The Morgan fingerprint density at radius 1 is 1.04 bits per heavy atom. The van der Waals surface area contributed by atoms with Crippen molar-refractivity contribution >= 4 is 27.3 Å². The number of benzene rings is 2. The lowest BCUT2D eigenvalue weighted by Crippen LogP contribution is -2.14. The molecule has 0 unspecified atom stereocenters. The summed E-state index contributed by atoms with van der Waals surface area (Å²) in [5, 5.41) is 4.64. The molecule has 7 heteroatoms. The second-order valence-electron chi connectivity index (χ2n) is 5.72. The van der Waals surface area contributed by atoms with Crippen LogP contribution in [0.2, 0.25) is 5.02 Å².